The Balaban J connectivity index is 1.58. The maximum absolute atomic E-state index is 12.2. The number of fused-ring (bicyclic) bond motifs is 1. The fourth-order valence-electron chi connectivity index (χ4n) is 2.54. The first-order valence-electron chi connectivity index (χ1n) is 8.05. The molecule has 1 heterocycles. The Morgan fingerprint density at radius 2 is 2.04 bits per heavy atom. The van der Waals surface area contributed by atoms with Crippen LogP contribution in [0.15, 0.2) is 42.5 Å². The summed E-state index contributed by atoms with van der Waals surface area (Å²) in [6.45, 7) is 0. The van der Waals surface area contributed by atoms with Crippen molar-refractivity contribution >= 4 is 57.2 Å². The zero-order valence-corrected chi connectivity index (χ0v) is 16.2. The van der Waals surface area contributed by atoms with Crippen LogP contribution >= 0.6 is 23.8 Å². The van der Waals surface area contributed by atoms with Gasteiger partial charge in [0.1, 0.15) is 5.82 Å². The molecule has 0 unspecified atom stereocenters. The summed E-state index contributed by atoms with van der Waals surface area (Å²) in [6, 6.07) is 11.5. The Labute approximate surface area is 169 Å². The highest BCUT2D eigenvalue weighted by molar-refractivity contribution is 7.80. The second-order valence-electron chi connectivity index (χ2n) is 5.80. The maximum Gasteiger partial charge on any atom is 0.271 e. The monoisotopic (exact) mass is 418 g/mol. The molecular formula is C17H15ClN6O3S. The number of non-ortho nitro benzene ring substituents is 1. The van der Waals surface area contributed by atoms with Gasteiger partial charge in [0.25, 0.3) is 5.69 Å². The Hall–Kier alpha value is -3.24. The van der Waals surface area contributed by atoms with Crippen molar-refractivity contribution in [2.75, 3.05) is 5.32 Å². The number of rotatable bonds is 4. The number of hydrogen-bond donors (Lipinski definition) is 3. The number of thiocarbonyl (C=S) groups is 1. The van der Waals surface area contributed by atoms with Gasteiger partial charge in [-0.1, -0.05) is 23.7 Å². The number of nitro benzene ring substituents is 1. The summed E-state index contributed by atoms with van der Waals surface area (Å²) < 4.78 is 1.84. The lowest BCUT2D eigenvalue weighted by Gasteiger charge is -2.12. The minimum atomic E-state index is -0.545. The fourth-order valence-corrected chi connectivity index (χ4v) is 2.87. The minimum Gasteiger partial charge on any atom is -0.331 e. The van der Waals surface area contributed by atoms with Crippen LogP contribution in [0.2, 0.25) is 5.02 Å². The number of hydrazine groups is 1. The molecule has 0 saturated heterocycles. The average molecular weight is 419 g/mol. The molecule has 11 heteroatoms. The van der Waals surface area contributed by atoms with Gasteiger partial charge in [-0.25, -0.2) is 4.98 Å². The number of anilines is 1. The molecule has 3 N–H and O–H groups in total. The first-order valence-corrected chi connectivity index (χ1v) is 8.84. The molecular weight excluding hydrogens is 404 g/mol. The molecule has 1 amide bonds. The van der Waals surface area contributed by atoms with Crippen LogP contribution in [0.25, 0.3) is 11.0 Å². The molecule has 0 aliphatic rings. The summed E-state index contributed by atoms with van der Waals surface area (Å²) in [4.78, 5) is 26.9. The van der Waals surface area contributed by atoms with Crippen molar-refractivity contribution in [1.82, 2.24) is 20.4 Å². The number of aryl methyl sites for hydroxylation is 1. The molecule has 0 fully saturated rings. The largest absolute Gasteiger partial charge is 0.331 e. The molecule has 0 atom stereocenters. The van der Waals surface area contributed by atoms with E-state index < -0.39 is 4.92 Å². The standard InChI is InChI=1S/C17H15ClN6O3S/c1-23-14-5-3-2-4-12(14)19-15(23)9-16(25)21-22-17(28)20-13-8-10(24(26)27)6-7-11(13)18/h2-8H,9H2,1H3,(H,21,25)(H2,20,22,28). The second kappa shape index (κ2) is 8.19. The van der Waals surface area contributed by atoms with Crippen molar-refractivity contribution in [2.45, 2.75) is 6.42 Å². The highest BCUT2D eigenvalue weighted by atomic mass is 35.5. The van der Waals surface area contributed by atoms with E-state index in [2.05, 4.69) is 21.2 Å². The number of carbonyl (C=O) groups excluding carboxylic acids is 1. The molecule has 0 bridgehead atoms. The Bertz CT molecular complexity index is 1080. The SMILES string of the molecule is Cn1c(CC(=O)NNC(=S)Nc2cc([N+](=O)[O-])ccc2Cl)nc2ccccc21. The number of nitro groups is 1. The van der Waals surface area contributed by atoms with Gasteiger partial charge in [0, 0.05) is 19.2 Å². The van der Waals surface area contributed by atoms with Crippen molar-refractivity contribution in [2.24, 2.45) is 7.05 Å². The van der Waals surface area contributed by atoms with Crippen LogP contribution in [-0.2, 0) is 18.3 Å². The summed E-state index contributed by atoms with van der Waals surface area (Å²) >= 11 is 11.1. The van der Waals surface area contributed by atoms with Gasteiger partial charge >= 0.3 is 0 Å². The predicted octanol–water partition coefficient (Wildman–Crippen LogP) is 2.70. The molecule has 0 spiro atoms. The van der Waals surface area contributed by atoms with Crippen LogP contribution in [0, 0.1) is 10.1 Å². The van der Waals surface area contributed by atoms with E-state index >= 15 is 0 Å². The Kier molecular flexibility index (Phi) is 5.71. The molecule has 3 rings (SSSR count). The zero-order valence-electron chi connectivity index (χ0n) is 14.6. The highest BCUT2D eigenvalue weighted by Gasteiger charge is 2.13. The predicted molar refractivity (Wildman–Crippen MR) is 110 cm³/mol. The summed E-state index contributed by atoms with van der Waals surface area (Å²) in [5.41, 5.74) is 6.83. The van der Waals surface area contributed by atoms with Crippen LogP contribution in [0.3, 0.4) is 0 Å². The third-order valence-corrected chi connectivity index (χ3v) is 4.46. The lowest BCUT2D eigenvalue weighted by atomic mass is 10.3. The van der Waals surface area contributed by atoms with Crippen LogP contribution < -0.4 is 16.2 Å². The number of nitrogens with zero attached hydrogens (tertiary/aromatic N) is 3. The topological polar surface area (TPSA) is 114 Å². The number of nitrogens with one attached hydrogen (secondary N) is 3. The quantitative estimate of drug-likeness (QED) is 0.339. The molecule has 2 aromatic carbocycles. The molecule has 9 nitrogen and oxygen atoms in total. The van der Waals surface area contributed by atoms with E-state index in [1.807, 2.05) is 35.9 Å². The lowest BCUT2D eigenvalue weighted by Crippen LogP contribution is -2.44. The summed E-state index contributed by atoms with van der Waals surface area (Å²) in [6.07, 6.45) is 0.0400. The van der Waals surface area contributed by atoms with Crippen molar-refractivity contribution in [3.8, 4) is 0 Å². The average Bonchev–Trinajstić information content (AvgIpc) is 2.97. The number of para-hydroxylation sites is 2. The maximum atomic E-state index is 12.2. The van der Waals surface area contributed by atoms with E-state index in [9.17, 15) is 14.9 Å². The summed E-state index contributed by atoms with van der Waals surface area (Å²) in [5.74, 6) is 0.244. The van der Waals surface area contributed by atoms with E-state index in [1.54, 1.807) is 0 Å². The molecule has 1 aromatic heterocycles. The third kappa shape index (κ3) is 4.35. The van der Waals surface area contributed by atoms with Crippen LogP contribution in [0.1, 0.15) is 5.82 Å². The van der Waals surface area contributed by atoms with Crippen molar-refractivity contribution in [3.05, 3.63) is 63.4 Å². The molecule has 0 aliphatic heterocycles. The minimum absolute atomic E-state index is 0.0285. The number of carbonyl (C=O) groups is 1. The number of imidazole rings is 1. The Morgan fingerprint density at radius 1 is 1.29 bits per heavy atom. The van der Waals surface area contributed by atoms with E-state index in [1.165, 1.54) is 18.2 Å². The molecule has 0 saturated carbocycles. The van der Waals surface area contributed by atoms with Gasteiger partial charge in [0.2, 0.25) is 5.91 Å². The van der Waals surface area contributed by atoms with Crippen molar-refractivity contribution in [3.63, 3.8) is 0 Å². The smallest absolute Gasteiger partial charge is 0.271 e. The van der Waals surface area contributed by atoms with Gasteiger partial charge < -0.3 is 9.88 Å². The molecule has 3 aromatic rings. The first kappa shape index (κ1) is 19.5. The molecule has 0 aliphatic carbocycles. The third-order valence-electron chi connectivity index (χ3n) is 3.92. The molecule has 144 valence electrons. The van der Waals surface area contributed by atoms with Gasteiger partial charge in [-0.3, -0.25) is 25.8 Å². The van der Waals surface area contributed by atoms with E-state index in [0.717, 1.165) is 11.0 Å². The highest BCUT2D eigenvalue weighted by Crippen LogP contribution is 2.26. The molecule has 0 radical (unpaired) electrons. The first-order chi connectivity index (χ1) is 13.3. The number of amides is 1. The van der Waals surface area contributed by atoms with Crippen LogP contribution in [0.5, 0.6) is 0 Å². The Morgan fingerprint density at radius 3 is 2.75 bits per heavy atom. The lowest BCUT2D eigenvalue weighted by molar-refractivity contribution is -0.384. The van der Waals surface area contributed by atoms with Gasteiger partial charge in [-0.15, -0.1) is 0 Å². The van der Waals surface area contributed by atoms with Crippen LogP contribution in [-0.4, -0.2) is 25.5 Å². The van der Waals surface area contributed by atoms with Crippen molar-refractivity contribution < 1.29 is 9.72 Å². The van der Waals surface area contributed by atoms with Gasteiger partial charge in [0.15, 0.2) is 5.11 Å². The van der Waals surface area contributed by atoms with E-state index in [4.69, 9.17) is 23.8 Å². The number of halogens is 1. The number of hydrogen-bond acceptors (Lipinski definition) is 5. The fraction of sp³-hybridized carbons (Fsp3) is 0.118. The van der Waals surface area contributed by atoms with Crippen LogP contribution in [0.4, 0.5) is 11.4 Å². The molecule has 28 heavy (non-hydrogen) atoms. The number of benzene rings is 2. The van der Waals surface area contributed by atoms with E-state index in [0.29, 0.717) is 5.82 Å². The van der Waals surface area contributed by atoms with Gasteiger partial charge in [-0.05, 0) is 30.4 Å². The second-order valence-corrected chi connectivity index (χ2v) is 6.62. The van der Waals surface area contributed by atoms with E-state index in [-0.39, 0.29) is 33.8 Å². The summed E-state index contributed by atoms with van der Waals surface area (Å²) in [5, 5.41) is 13.8. The van der Waals surface area contributed by atoms with Gasteiger partial charge in [0.05, 0.1) is 33.1 Å². The summed E-state index contributed by atoms with van der Waals surface area (Å²) in [7, 11) is 1.84. The number of aromatic nitrogens is 2. The zero-order chi connectivity index (χ0) is 20.3. The van der Waals surface area contributed by atoms with Crippen molar-refractivity contribution in [1.29, 1.82) is 0 Å². The van der Waals surface area contributed by atoms with Gasteiger partial charge in [-0.2, -0.15) is 0 Å². The normalized spacial score (nSPS) is 10.5.